The average Bonchev–Trinajstić information content (AvgIpc) is 2.67. The molecule has 0 spiro atoms. The number of hydrogen-bond acceptors (Lipinski definition) is 1. The van der Waals surface area contributed by atoms with Gasteiger partial charge in [-0.15, -0.1) is 0 Å². The Morgan fingerprint density at radius 2 is 1.37 bits per heavy atom. The van der Waals surface area contributed by atoms with E-state index in [-0.39, 0.29) is 5.75 Å². The summed E-state index contributed by atoms with van der Waals surface area (Å²) in [6.07, 6.45) is 19.1. The van der Waals surface area contributed by atoms with Gasteiger partial charge in [-0.2, -0.15) is 8.78 Å². The molecule has 1 aliphatic rings. The molecule has 0 saturated heterocycles. The normalized spacial score (nSPS) is 20.1. The lowest BCUT2D eigenvalue weighted by Crippen LogP contribution is -2.15. The number of benzene rings is 1. The Bertz CT molecular complexity index is 478. The third kappa shape index (κ3) is 9.58. The van der Waals surface area contributed by atoms with E-state index in [1.54, 1.807) is 12.1 Å². The van der Waals surface area contributed by atoms with Crippen molar-refractivity contribution in [1.82, 2.24) is 0 Å². The minimum atomic E-state index is -2.74. The number of aryl methyl sites for hydroxylation is 1. The average molecular weight is 381 g/mol. The molecule has 0 aliphatic heterocycles. The van der Waals surface area contributed by atoms with Crippen LogP contribution in [-0.4, -0.2) is 6.61 Å². The molecule has 0 unspecified atom stereocenters. The van der Waals surface area contributed by atoms with E-state index in [9.17, 15) is 8.78 Å². The molecule has 0 radical (unpaired) electrons. The van der Waals surface area contributed by atoms with Gasteiger partial charge >= 0.3 is 6.61 Å². The Kier molecular flexibility index (Phi) is 10.8. The second-order valence-electron chi connectivity index (χ2n) is 8.36. The van der Waals surface area contributed by atoms with Crippen molar-refractivity contribution in [3.05, 3.63) is 29.8 Å². The van der Waals surface area contributed by atoms with Crippen LogP contribution in [0.5, 0.6) is 5.75 Å². The summed E-state index contributed by atoms with van der Waals surface area (Å²) >= 11 is 0. The van der Waals surface area contributed by atoms with Crippen LogP contribution in [0.15, 0.2) is 24.3 Å². The van der Waals surface area contributed by atoms with Gasteiger partial charge in [-0.1, -0.05) is 96.1 Å². The second-order valence-corrected chi connectivity index (χ2v) is 8.36. The molecular weight excluding hydrogens is 342 g/mol. The molecule has 0 atom stereocenters. The largest absolute Gasteiger partial charge is 0.435 e. The first-order valence-corrected chi connectivity index (χ1v) is 11.2. The van der Waals surface area contributed by atoms with E-state index in [1.807, 2.05) is 12.1 Å². The predicted molar refractivity (Wildman–Crippen MR) is 109 cm³/mol. The zero-order valence-corrected chi connectivity index (χ0v) is 17.1. The van der Waals surface area contributed by atoms with Crippen LogP contribution in [0.2, 0.25) is 0 Å². The van der Waals surface area contributed by atoms with Gasteiger partial charge in [0.1, 0.15) is 5.75 Å². The fraction of sp³-hybridized carbons (Fsp3) is 0.750. The van der Waals surface area contributed by atoms with Gasteiger partial charge in [0.05, 0.1) is 0 Å². The van der Waals surface area contributed by atoms with Crippen LogP contribution in [0, 0.1) is 11.8 Å². The first-order valence-electron chi connectivity index (χ1n) is 11.2. The molecule has 154 valence electrons. The van der Waals surface area contributed by atoms with Gasteiger partial charge in [-0.3, -0.25) is 0 Å². The van der Waals surface area contributed by atoms with Crippen molar-refractivity contribution in [2.24, 2.45) is 11.8 Å². The van der Waals surface area contributed by atoms with Crippen molar-refractivity contribution in [3.63, 3.8) is 0 Å². The van der Waals surface area contributed by atoms with Crippen LogP contribution in [0.3, 0.4) is 0 Å². The summed E-state index contributed by atoms with van der Waals surface area (Å²) < 4.78 is 28.8. The molecule has 0 N–H and O–H groups in total. The molecular formula is C24H38F2O. The Labute approximate surface area is 164 Å². The van der Waals surface area contributed by atoms with Crippen molar-refractivity contribution in [2.45, 2.75) is 103 Å². The second kappa shape index (κ2) is 13.1. The Morgan fingerprint density at radius 3 is 1.96 bits per heavy atom. The highest BCUT2D eigenvalue weighted by Crippen LogP contribution is 2.34. The lowest BCUT2D eigenvalue weighted by molar-refractivity contribution is -0.0498. The molecule has 3 heteroatoms. The summed E-state index contributed by atoms with van der Waals surface area (Å²) in [7, 11) is 0. The molecule has 2 rings (SSSR count). The highest BCUT2D eigenvalue weighted by atomic mass is 19.3. The van der Waals surface area contributed by atoms with Crippen LogP contribution in [0.25, 0.3) is 0 Å². The number of rotatable bonds is 13. The van der Waals surface area contributed by atoms with Crippen LogP contribution in [0.1, 0.15) is 96.0 Å². The minimum absolute atomic E-state index is 0.250. The van der Waals surface area contributed by atoms with E-state index in [0.717, 1.165) is 18.3 Å². The fourth-order valence-corrected chi connectivity index (χ4v) is 4.41. The van der Waals surface area contributed by atoms with E-state index >= 15 is 0 Å². The molecule has 0 heterocycles. The summed E-state index contributed by atoms with van der Waals surface area (Å²) in [4.78, 5) is 0. The van der Waals surface area contributed by atoms with Crippen LogP contribution in [0.4, 0.5) is 8.78 Å². The van der Waals surface area contributed by atoms with Gasteiger partial charge in [-0.25, -0.2) is 0 Å². The highest BCUT2D eigenvalue weighted by Gasteiger charge is 2.20. The number of ether oxygens (including phenoxy) is 1. The van der Waals surface area contributed by atoms with Crippen molar-refractivity contribution in [2.75, 3.05) is 0 Å². The standard InChI is InChI=1S/C24H38F2O/c1-2-3-4-5-6-7-8-9-20-10-12-21(13-11-20)14-15-22-16-18-23(19-17-22)27-24(25)26/h16-21,24H,2-15H2,1H3. The predicted octanol–water partition coefficient (Wildman–Crippen LogP) is 8.17. The maximum atomic E-state index is 12.2. The lowest BCUT2D eigenvalue weighted by Gasteiger charge is -2.28. The molecule has 27 heavy (non-hydrogen) atoms. The summed E-state index contributed by atoms with van der Waals surface area (Å²) in [6.45, 7) is -0.468. The fourth-order valence-electron chi connectivity index (χ4n) is 4.41. The molecule has 1 aromatic rings. The summed E-state index contributed by atoms with van der Waals surface area (Å²) in [5, 5.41) is 0. The van der Waals surface area contributed by atoms with Crippen LogP contribution in [-0.2, 0) is 6.42 Å². The number of alkyl halides is 2. The number of unbranched alkanes of at least 4 members (excludes halogenated alkanes) is 6. The molecule has 0 aromatic heterocycles. The molecule has 1 nitrogen and oxygen atoms in total. The first kappa shape index (κ1) is 22.2. The third-order valence-electron chi connectivity index (χ3n) is 6.17. The van der Waals surface area contributed by atoms with E-state index < -0.39 is 6.61 Å². The molecule has 1 fully saturated rings. The van der Waals surface area contributed by atoms with Crippen LogP contribution < -0.4 is 4.74 Å². The van der Waals surface area contributed by atoms with E-state index in [0.29, 0.717) is 0 Å². The van der Waals surface area contributed by atoms with Gasteiger partial charge in [-0.05, 0) is 42.4 Å². The zero-order chi connectivity index (χ0) is 19.3. The molecule has 1 saturated carbocycles. The minimum Gasteiger partial charge on any atom is -0.435 e. The Morgan fingerprint density at radius 1 is 0.815 bits per heavy atom. The van der Waals surface area contributed by atoms with Crippen molar-refractivity contribution in [1.29, 1.82) is 0 Å². The van der Waals surface area contributed by atoms with Gasteiger partial charge in [0.15, 0.2) is 0 Å². The number of halogens is 2. The molecule has 1 aromatic carbocycles. The van der Waals surface area contributed by atoms with E-state index in [4.69, 9.17) is 0 Å². The van der Waals surface area contributed by atoms with E-state index in [1.165, 1.54) is 89.0 Å². The van der Waals surface area contributed by atoms with Gasteiger partial charge in [0.25, 0.3) is 0 Å². The summed E-state index contributed by atoms with van der Waals surface area (Å²) in [5.41, 5.74) is 1.22. The highest BCUT2D eigenvalue weighted by molar-refractivity contribution is 5.27. The Hall–Kier alpha value is -1.12. The SMILES string of the molecule is CCCCCCCCCC1CCC(CCc2ccc(OC(F)F)cc2)CC1. The monoisotopic (exact) mass is 380 g/mol. The van der Waals surface area contributed by atoms with Crippen molar-refractivity contribution in [3.8, 4) is 5.75 Å². The third-order valence-corrected chi connectivity index (χ3v) is 6.17. The van der Waals surface area contributed by atoms with E-state index in [2.05, 4.69) is 11.7 Å². The molecule has 0 bridgehead atoms. The molecule has 0 amide bonds. The summed E-state index contributed by atoms with van der Waals surface area (Å²) in [6, 6.07) is 7.15. The topological polar surface area (TPSA) is 9.23 Å². The van der Waals surface area contributed by atoms with Crippen LogP contribution >= 0.6 is 0 Å². The maximum Gasteiger partial charge on any atom is 0.387 e. The maximum absolute atomic E-state index is 12.2. The number of hydrogen-bond donors (Lipinski definition) is 0. The van der Waals surface area contributed by atoms with Crippen molar-refractivity contribution < 1.29 is 13.5 Å². The van der Waals surface area contributed by atoms with Gasteiger partial charge in [0.2, 0.25) is 0 Å². The van der Waals surface area contributed by atoms with Gasteiger partial charge < -0.3 is 4.74 Å². The molecule has 1 aliphatic carbocycles. The lowest BCUT2D eigenvalue weighted by atomic mass is 9.77. The first-order chi connectivity index (χ1) is 13.2. The quantitative estimate of drug-likeness (QED) is 0.314. The van der Waals surface area contributed by atoms with Crippen molar-refractivity contribution >= 4 is 0 Å². The Balaban J connectivity index is 1.53. The smallest absolute Gasteiger partial charge is 0.387 e. The van der Waals surface area contributed by atoms with Gasteiger partial charge in [0, 0.05) is 0 Å². The zero-order valence-electron chi connectivity index (χ0n) is 17.1. The summed E-state index contributed by atoms with van der Waals surface area (Å²) in [5.74, 6) is 2.05.